The number of anilines is 1. The Hall–Kier alpha value is -0.955. The zero-order valence-electron chi connectivity index (χ0n) is 13.1. The molecule has 2 aromatic heterocycles. The molecule has 1 aliphatic heterocycles. The van der Waals surface area contributed by atoms with Crippen molar-refractivity contribution in [1.82, 2.24) is 4.98 Å². The summed E-state index contributed by atoms with van der Waals surface area (Å²) in [5.41, 5.74) is 1.72. The van der Waals surface area contributed by atoms with Crippen LogP contribution in [0.15, 0.2) is 24.5 Å². The van der Waals surface area contributed by atoms with Crippen LogP contribution in [0.25, 0.3) is 5.69 Å². The van der Waals surface area contributed by atoms with Crippen molar-refractivity contribution < 1.29 is 21.8 Å². The fraction of sp³-hybridized carbons (Fsp3) is 0.286. The highest BCUT2D eigenvalue weighted by Gasteiger charge is 2.24. The Kier molecular flexibility index (Phi) is 7.24. The van der Waals surface area contributed by atoms with Crippen LogP contribution in [0.1, 0.15) is 12.8 Å². The van der Waals surface area contributed by atoms with Crippen LogP contribution in [0, 0.1) is 0 Å². The van der Waals surface area contributed by atoms with E-state index < -0.39 is 7.25 Å². The van der Waals surface area contributed by atoms with Gasteiger partial charge in [0.25, 0.3) is 5.69 Å². The SMILES string of the molecule is Clc1nc(Cl)c(Cl)c(-[n+]2ccc(N3CCCC3)cc2)c1Cl.F[B-](F)(F)F. The van der Waals surface area contributed by atoms with Crippen LogP contribution in [0.3, 0.4) is 0 Å². The summed E-state index contributed by atoms with van der Waals surface area (Å²) in [5.74, 6) is 0. The third kappa shape index (κ3) is 5.77. The first-order chi connectivity index (χ1) is 12.1. The van der Waals surface area contributed by atoms with Crippen molar-refractivity contribution >= 4 is 59.3 Å². The molecule has 142 valence electrons. The Morgan fingerprint density at radius 1 is 0.885 bits per heavy atom. The van der Waals surface area contributed by atoms with E-state index in [9.17, 15) is 17.3 Å². The fourth-order valence-electron chi connectivity index (χ4n) is 2.46. The molecule has 0 radical (unpaired) electrons. The molecule has 0 aromatic carbocycles. The Morgan fingerprint density at radius 3 is 1.73 bits per heavy atom. The van der Waals surface area contributed by atoms with E-state index in [2.05, 4.69) is 9.88 Å². The maximum atomic E-state index is 9.75. The minimum atomic E-state index is -6.00. The molecule has 0 aliphatic carbocycles. The largest absolute Gasteiger partial charge is 0.673 e. The van der Waals surface area contributed by atoms with Gasteiger partial charge in [-0.15, -0.1) is 0 Å². The van der Waals surface area contributed by atoms with Crippen molar-refractivity contribution in [2.24, 2.45) is 0 Å². The lowest BCUT2D eigenvalue weighted by molar-refractivity contribution is -0.595. The normalized spacial score (nSPS) is 14.2. The lowest BCUT2D eigenvalue weighted by Crippen LogP contribution is -2.31. The quantitative estimate of drug-likeness (QED) is 0.247. The van der Waals surface area contributed by atoms with Crippen molar-refractivity contribution in [3.05, 3.63) is 44.9 Å². The first kappa shape index (κ1) is 21.3. The number of aromatic nitrogens is 2. The lowest BCUT2D eigenvalue weighted by Gasteiger charge is -2.16. The Labute approximate surface area is 167 Å². The number of nitrogens with zero attached hydrogens (tertiary/aromatic N) is 3. The number of rotatable bonds is 2. The molecule has 0 bridgehead atoms. The second kappa shape index (κ2) is 8.82. The summed E-state index contributed by atoms with van der Waals surface area (Å²) < 4.78 is 40.8. The minimum absolute atomic E-state index is 0.136. The van der Waals surface area contributed by atoms with Gasteiger partial charge in [0, 0.05) is 30.9 Å². The Morgan fingerprint density at radius 2 is 1.31 bits per heavy atom. The number of hydrogen-bond donors (Lipinski definition) is 0. The summed E-state index contributed by atoms with van der Waals surface area (Å²) >= 11 is 24.3. The topological polar surface area (TPSA) is 20.0 Å². The maximum absolute atomic E-state index is 9.75. The van der Waals surface area contributed by atoms with Crippen LogP contribution in [-0.4, -0.2) is 25.3 Å². The van der Waals surface area contributed by atoms with Crippen LogP contribution in [-0.2, 0) is 0 Å². The Bertz CT molecular complexity index is 736. The van der Waals surface area contributed by atoms with Gasteiger partial charge in [-0.05, 0) is 12.8 Å². The average molecular weight is 451 g/mol. The monoisotopic (exact) mass is 449 g/mol. The summed E-state index contributed by atoms with van der Waals surface area (Å²) in [6.07, 6.45) is 6.27. The Balaban J connectivity index is 0.000000431. The molecule has 0 atom stereocenters. The molecule has 3 nitrogen and oxygen atoms in total. The van der Waals surface area contributed by atoms with Crippen LogP contribution in [0.5, 0.6) is 0 Å². The highest BCUT2D eigenvalue weighted by Crippen LogP contribution is 2.34. The van der Waals surface area contributed by atoms with Gasteiger partial charge in [0.15, 0.2) is 32.7 Å². The smallest absolute Gasteiger partial charge is 0.418 e. The summed E-state index contributed by atoms with van der Waals surface area (Å²) in [6, 6.07) is 4.06. The van der Waals surface area contributed by atoms with Gasteiger partial charge in [0.1, 0.15) is 0 Å². The summed E-state index contributed by atoms with van der Waals surface area (Å²) in [6.45, 7) is 2.19. The van der Waals surface area contributed by atoms with E-state index >= 15 is 0 Å². The van der Waals surface area contributed by atoms with Gasteiger partial charge in [-0.2, -0.15) is 4.57 Å². The van der Waals surface area contributed by atoms with Gasteiger partial charge in [-0.25, -0.2) is 4.98 Å². The molecule has 0 unspecified atom stereocenters. The van der Waals surface area contributed by atoms with Gasteiger partial charge < -0.3 is 22.2 Å². The molecule has 12 heteroatoms. The van der Waals surface area contributed by atoms with Gasteiger partial charge in [-0.3, -0.25) is 0 Å². The third-order valence-corrected chi connectivity index (χ3v) is 4.97. The van der Waals surface area contributed by atoms with E-state index in [1.54, 1.807) is 4.57 Å². The van der Waals surface area contributed by atoms with Crippen LogP contribution < -0.4 is 9.47 Å². The lowest BCUT2D eigenvalue weighted by atomic mass is 10.3. The summed E-state index contributed by atoms with van der Waals surface area (Å²) in [5, 5.41) is 0.837. The second-order valence-corrected chi connectivity index (χ2v) is 6.79. The van der Waals surface area contributed by atoms with Crippen molar-refractivity contribution in [3.63, 3.8) is 0 Å². The predicted octanol–water partition coefficient (Wildman–Crippen LogP) is 5.87. The van der Waals surface area contributed by atoms with Crippen molar-refractivity contribution in [2.45, 2.75) is 12.8 Å². The summed E-state index contributed by atoms with van der Waals surface area (Å²) in [7, 11) is -6.00. The zero-order chi connectivity index (χ0) is 19.5. The van der Waals surface area contributed by atoms with E-state index in [0.29, 0.717) is 5.69 Å². The molecule has 3 heterocycles. The highest BCUT2D eigenvalue weighted by molar-refractivity contribution is 6.50. The molecule has 1 fully saturated rings. The van der Waals surface area contributed by atoms with E-state index in [4.69, 9.17) is 46.4 Å². The van der Waals surface area contributed by atoms with Crippen molar-refractivity contribution in [1.29, 1.82) is 0 Å². The van der Waals surface area contributed by atoms with Gasteiger partial charge >= 0.3 is 7.25 Å². The first-order valence-electron chi connectivity index (χ1n) is 7.42. The maximum Gasteiger partial charge on any atom is 0.673 e. The van der Waals surface area contributed by atoms with E-state index in [1.165, 1.54) is 18.5 Å². The average Bonchev–Trinajstić information content (AvgIpc) is 3.07. The molecule has 0 amide bonds. The number of pyridine rings is 2. The number of halogens is 8. The second-order valence-electron chi connectivity index (χ2n) is 5.32. The minimum Gasteiger partial charge on any atom is -0.418 e. The molecule has 3 rings (SSSR count). The molecule has 2 aromatic rings. The van der Waals surface area contributed by atoms with Crippen molar-refractivity contribution in [3.8, 4) is 5.69 Å². The predicted molar refractivity (Wildman–Crippen MR) is 97.4 cm³/mol. The third-order valence-electron chi connectivity index (χ3n) is 3.52. The van der Waals surface area contributed by atoms with E-state index in [0.717, 1.165) is 13.1 Å². The first-order valence-corrected chi connectivity index (χ1v) is 8.93. The standard InChI is InChI=1S/C14H12Cl4N3.BF4/c15-10-12(11(16)14(18)19-13(10)17)21-7-3-9(4-8-21)20-5-1-2-6-20;2-1(3,4)5/h3-4,7-8H,1-2,5-6H2;/q+1;-1. The fourth-order valence-corrected chi connectivity index (χ4v) is 3.36. The highest BCUT2D eigenvalue weighted by atomic mass is 35.5. The van der Waals surface area contributed by atoms with Gasteiger partial charge in [0.05, 0.1) is 0 Å². The number of hydrogen-bond acceptors (Lipinski definition) is 2. The molecule has 1 aliphatic rings. The van der Waals surface area contributed by atoms with Gasteiger partial charge in [0.2, 0.25) is 0 Å². The van der Waals surface area contributed by atoms with Crippen molar-refractivity contribution in [2.75, 3.05) is 18.0 Å². The van der Waals surface area contributed by atoms with Gasteiger partial charge in [-0.1, -0.05) is 46.4 Å². The molecule has 0 saturated carbocycles. The van der Waals surface area contributed by atoms with E-state index in [-0.39, 0.29) is 20.4 Å². The van der Waals surface area contributed by atoms with Crippen LogP contribution >= 0.6 is 46.4 Å². The van der Waals surface area contributed by atoms with Crippen LogP contribution in [0.4, 0.5) is 23.0 Å². The molecule has 0 spiro atoms. The molecule has 26 heavy (non-hydrogen) atoms. The summed E-state index contributed by atoms with van der Waals surface area (Å²) in [4.78, 5) is 6.23. The molecular weight excluding hydrogens is 439 g/mol. The molecular formula is C14H12BCl4F4N3. The van der Waals surface area contributed by atoms with Crippen LogP contribution in [0.2, 0.25) is 20.4 Å². The molecule has 1 saturated heterocycles. The molecule has 0 N–H and O–H groups in total. The zero-order valence-corrected chi connectivity index (χ0v) is 16.1. The van der Waals surface area contributed by atoms with E-state index in [1.807, 2.05) is 24.5 Å².